The number of imide groups is 3. The first-order valence-corrected chi connectivity index (χ1v) is 13.0. The van der Waals surface area contributed by atoms with Gasteiger partial charge in [-0.25, -0.2) is 4.90 Å². The summed E-state index contributed by atoms with van der Waals surface area (Å²) < 4.78 is 0. The van der Waals surface area contributed by atoms with Gasteiger partial charge in [0.2, 0.25) is 5.91 Å². The number of fused-ring (bicyclic) bond motifs is 1. The van der Waals surface area contributed by atoms with Crippen LogP contribution in [0.3, 0.4) is 0 Å². The zero-order chi connectivity index (χ0) is 24.4. The number of benzene rings is 4. The second-order valence-corrected chi connectivity index (χ2v) is 11.0. The molecule has 1 atom stereocenters. The fourth-order valence-corrected chi connectivity index (χ4v) is 7.43. The van der Waals surface area contributed by atoms with Crippen LogP contribution < -0.4 is 10.6 Å². The molecule has 6 heteroatoms. The Balaban J connectivity index is 1.58. The lowest BCUT2D eigenvalue weighted by Gasteiger charge is -2.30. The first kappa shape index (κ1) is 23.2. The van der Waals surface area contributed by atoms with Crippen LogP contribution in [0.1, 0.15) is 38.4 Å². The lowest BCUT2D eigenvalue weighted by atomic mass is 10.1. The highest BCUT2D eigenvalue weighted by atomic mass is 35.5. The molecule has 0 fully saturated rings. The molecule has 1 aliphatic rings. The van der Waals surface area contributed by atoms with Crippen molar-refractivity contribution >= 4 is 47.9 Å². The van der Waals surface area contributed by atoms with Crippen molar-refractivity contribution in [1.29, 1.82) is 0 Å². The summed E-state index contributed by atoms with van der Waals surface area (Å²) in [6.07, 6.45) is -0.0126. The Morgan fingerprint density at radius 1 is 0.714 bits per heavy atom. The normalized spacial score (nSPS) is 13.7. The molecule has 4 nitrogen and oxygen atoms in total. The average Bonchev–Trinajstić information content (AvgIpc) is 3.15. The van der Waals surface area contributed by atoms with Gasteiger partial charge >= 0.3 is 0 Å². The van der Waals surface area contributed by atoms with Crippen LogP contribution in [-0.4, -0.2) is 22.6 Å². The van der Waals surface area contributed by atoms with Crippen molar-refractivity contribution in [3.05, 3.63) is 131 Å². The molecule has 1 aliphatic heterocycles. The van der Waals surface area contributed by atoms with Gasteiger partial charge in [0, 0.05) is 17.1 Å². The zero-order valence-corrected chi connectivity index (χ0v) is 20.3. The van der Waals surface area contributed by atoms with E-state index >= 15 is 0 Å². The number of nitrogens with zero attached hydrogens (tertiary/aromatic N) is 1. The molecule has 0 aliphatic carbocycles. The SMILES string of the molecule is O=C(C[C@@H](c1cccc(Cl)c1)P(c1ccccc1)c1ccccc1)N1C(=O)c2ccccc2C1=O. The minimum Gasteiger partial charge on any atom is -0.274 e. The van der Waals surface area contributed by atoms with Gasteiger partial charge < -0.3 is 0 Å². The largest absolute Gasteiger partial charge is 0.274 e. The smallest absolute Gasteiger partial charge is 0.268 e. The van der Waals surface area contributed by atoms with Crippen LogP contribution in [0, 0.1) is 0 Å². The van der Waals surface area contributed by atoms with E-state index in [0.717, 1.165) is 21.1 Å². The van der Waals surface area contributed by atoms with Gasteiger partial charge in [-0.3, -0.25) is 14.4 Å². The molecule has 0 bridgehead atoms. The van der Waals surface area contributed by atoms with Crippen LogP contribution >= 0.6 is 19.5 Å². The van der Waals surface area contributed by atoms with Crippen molar-refractivity contribution in [3.63, 3.8) is 0 Å². The highest BCUT2D eigenvalue weighted by molar-refractivity contribution is 7.73. The van der Waals surface area contributed by atoms with Crippen LogP contribution in [0.25, 0.3) is 0 Å². The van der Waals surface area contributed by atoms with Crippen LogP contribution in [0.2, 0.25) is 5.02 Å². The molecule has 0 saturated heterocycles. The molecule has 3 amide bonds. The lowest BCUT2D eigenvalue weighted by molar-refractivity contribution is -0.126. The Labute approximate surface area is 209 Å². The molecular weight excluding hydrogens is 477 g/mol. The molecule has 172 valence electrons. The van der Waals surface area contributed by atoms with Gasteiger partial charge in [0.15, 0.2) is 0 Å². The van der Waals surface area contributed by atoms with Crippen molar-refractivity contribution in [3.8, 4) is 0 Å². The summed E-state index contributed by atoms with van der Waals surface area (Å²) in [5, 5.41) is 2.75. The van der Waals surface area contributed by atoms with Gasteiger partial charge in [-0.1, -0.05) is 96.5 Å². The number of hydrogen-bond donors (Lipinski definition) is 0. The van der Waals surface area contributed by atoms with E-state index in [4.69, 9.17) is 11.6 Å². The summed E-state index contributed by atoms with van der Waals surface area (Å²) in [7, 11) is -1.07. The predicted octanol–water partition coefficient (Wildman–Crippen LogP) is 5.73. The van der Waals surface area contributed by atoms with E-state index in [2.05, 4.69) is 24.3 Å². The topological polar surface area (TPSA) is 54.5 Å². The maximum atomic E-state index is 13.6. The molecule has 4 aromatic rings. The van der Waals surface area contributed by atoms with Crippen LogP contribution in [0.4, 0.5) is 0 Å². The Kier molecular flexibility index (Phi) is 6.59. The molecule has 0 unspecified atom stereocenters. The Bertz CT molecular complexity index is 1330. The molecule has 0 saturated carbocycles. The number of rotatable bonds is 6. The zero-order valence-electron chi connectivity index (χ0n) is 18.7. The van der Waals surface area contributed by atoms with Crippen molar-refractivity contribution in [2.75, 3.05) is 0 Å². The van der Waals surface area contributed by atoms with E-state index in [1.807, 2.05) is 54.6 Å². The van der Waals surface area contributed by atoms with E-state index in [9.17, 15) is 14.4 Å². The standard InChI is InChI=1S/C29H21ClNO3P/c30-21-11-9-10-20(18-21)26(35(22-12-3-1-4-13-22)23-14-5-2-6-15-23)19-27(32)31-28(33)24-16-7-8-17-25(24)29(31)34/h1-18,26H,19H2/t26-/m0/s1. The monoisotopic (exact) mass is 497 g/mol. The van der Waals surface area contributed by atoms with E-state index in [1.54, 1.807) is 30.3 Å². The second kappa shape index (κ2) is 9.95. The highest BCUT2D eigenvalue weighted by Crippen LogP contribution is 2.52. The number of carbonyl (C=O) groups is 3. The molecule has 0 radical (unpaired) electrons. The molecule has 35 heavy (non-hydrogen) atoms. The summed E-state index contributed by atoms with van der Waals surface area (Å²) in [6, 6.07) is 34.1. The number of amides is 3. The van der Waals surface area contributed by atoms with E-state index < -0.39 is 25.6 Å². The van der Waals surface area contributed by atoms with E-state index in [-0.39, 0.29) is 23.2 Å². The summed E-state index contributed by atoms with van der Waals surface area (Å²) >= 11 is 6.36. The number of halogens is 1. The summed E-state index contributed by atoms with van der Waals surface area (Å²) in [4.78, 5) is 40.4. The van der Waals surface area contributed by atoms with Crippen molar-refractivity contribution in [1.82, 2.24) is 4.90 Å². The van der Waals surface area contributed by atoms with Crippen LogP contribution in [0.15, 0.2) is 109 Å². The van der Waals surface area contributed by atoms with Gasteiger partial charge in [-0.05, 0) is 48.4 Å². The van der Waals surface area contributed by atoms with E-state index in [1.165, 1.54) is 0 Å². The minimum absolute atomic E-state index is 0.0126. The number of carbonyl (C=O) groups excluding carboxylic acids is 3. The van der Waals surface area contributed by atoms with Gasteiger partial charge in [0.1, 0.15) is 0 Å². The summed E-state index contributed by atoms with van der Waals surface area (Å²) in [6.45, 7) is 0. The Hall–Kier alpha value is -3.59. The first-order chi connectivity index (χ1) is 17.0. The third-order valence-corrected chi connectivity index (χ3v) is 9.07. The molecule has 4 aromatic carbocycles. The van der Waals surface area contributed by atoms with Crippen LogP contribution in [-0.2, 0) is 4.79 Å². The molecule has 5 rings (SSSR count). The van der Waals surface area contributed by atoms with Gasteiger partial charge in [-0.15, -0.1) is 0 Å². The fourth-order valence-electron chi connectivity index (χ4n) is 4.43. The Morgan fingerprint density at radius 3 is 1.74 bits per heavy atom. The molecule has 0 aromatic heterocycles. The lowest BCUT2D eigenvalue weighted by Crippen LogP contribution is -2.37. The highest BCUT2D eigenvalue weighted by Gasteiger charge is 2.41. The third kappa shape index (κ3) is 4.55. The van der Waals surface area contributed by atoms with Crippen molar-refractivity contribution < 1.29 is 14.4 Å². The van der Waals surface area contributed by atoms with Crippen molar-refractivity contribution in [2.45, 2.75) is 12.1 Å². The third-order valence-electron chi connectivity index (χ3n) is 6.03. The average molecular weight is 498 g/mol. The fraction of sp³-hybridized carbons (Fsp3) is 0.0690. The minimum atomic E-state index is -1.07. The maximum Gasteiger partial charge on any atom is 0.268 e. The second-order valence-electron chi connectivity index (χ2n) is 8.20. The molecule has 0 spiro atoms. The van der Waals surface area contributed by atoms with Gasteiger partial charge in [0.25, 0.3) is 11.8 Å². The van der Waals surface area contributed by atoms with Gasteiger partial charge in [-0.2, -0.15) is 0 Å². The predicted molar refractivity (Wildman–Crippen MR) is 140 cm³/mol. The first-order valence-electron chi connectivity index (χ1n) is 11.2. The van der Waals surface area contributed by atoms with Crippen molar-refractivity contribution in [2.24, 2.45) is 0 Å². The summed E-state index contributed by atoms with van der Waals surface area (Å²) in [5.74, 6) is -1.64. The quantitative estimate of drug-likeness (QED) is 0.253. The summed E-state index contributed by atoms with van der Waals surface area (Å²) in [5.41, 5.74) is 1.11. The van der Waals surface area contributed by atoms with Gasteiger partial charge in [0.05, 0.1) is 11.1 Å². The Morgan fingerprint density at radius 2 is 1.23 bits per heavy atom. The maximum absolute atomic E-state index is 13.6. The van der Waals surface area contributed by atoms with E-state index in [0.29, 0.717) is 5.02 Å². The molecule has 1 heterocycles. The number of hydrogen-bond acceptors (Lipinski definition) is 3. The molecule has 0 N–H and O–H groups in total. The van der Waals surface area contributed by atoms with Crippen LogP contribution in [0.5, 0.6) is 0 Å². The molecular formula is C29H21ClNO3P.